The van der Waals surface area contributed by atoms with Gasteiger partial charge in [-0.05, 0) is 69.4 Å². The van der Waals surface area contributed by atoms with Crippen molar-refractivity contribution in [1.29, 1.82) is 0 Å². The third-order valence-electron chi connectivity index (χ3n) is 6.86. The molecule has 2 aliphatic rings. The number of benzene rings is 2. The maximum Gasteiger partial charge on any atom is 0.259 e. The van der Waals surface area contributed by atoms with Gasteiger partial charge in [0.1, 0.15) is 17.1 Å². The number of nitrogens with zero attached hydrogens (tertiary/aromatic N) is 3. The zero-order valence-corrected chi connectivity index (χ0v) is 18.4. The fourth-order valence-electron chi connectivity index (χ4n) is 4.86. The lowest BCUT2D eigenvalue weighted by Gasteiger charge is -2.54. The molecule has 1 aromatic heterocycles. The number of aromatic nitrogens is 1. The summed E-state index contributed by atoms with van der Waals surface area (Å²) in [5.41, 5.74) is 2.67. The number of fused-ring (bicyclic) bond motifs is 1. The van der Waals surface area contributed by atoms with Crippen molar-refractivity contribution in [2.75, 3.05) is 50.6 Å². The van der Waals surface area contributed by atoms with Crippen molar-refractivity contribution in [3.8, 4) is 5.75 Å². The lowest BCUT2D eigenvalue weighted by Crippen LogP contribution is -2.60. The van der Waals surface area contributed by atoms with E-state index in [9.17, 15) is 9.18 Å². The number of carbonyl (C=O) groups is 1. The molecule has 2 fully saturated rings. The molecule has 0 aliphatic carbocycles. The van der Waals surface area contributed by atoms with Gasteiger partial charge in [0.05, 0.1) is 18.4 Å². The topological polar surface area (TPSA) is 57.7 Å². The lowest BCUT2D eigenvalue weighted by atomic mass is 9.72. The number of carbonyl (C=O) groups excluding carboxylic acids is 1. The predicted octanol–water partition coefficient (Wildman–Crippen LogP) is 4.17. The van der Waals surface area contributed by atoms with Crippen LogP contribution in [0.5, 0.6) is 5.75 Å². The number of ether oxygens (including phenoxy) is 1. The number of piperidine rings is 1. The van der Waals surface area contributed by atoms with Gasteiger partial charge in [0.25, 0.3) is 5.91 Å². The third kappa shape index (κ3) is 3.66. The summed E-state index contributed by atoms with van der Waals surface area (Å²) in [6, 6.07) is 12.0. The minimum Gasteiger partial charge on any atom is -0.496 e. The molecule has 0 saturated carbocycles. The fourth-order valence-corrected chi connectivity index (χ4v) is 4.86. The molecule has 3 aromatic rings. The lowest BCUT2D eigenvalue weighted by molar-refractivity contribution is 0.0906. The van der Waals surface area contributed by atoms with Crippen molar-refractivity contribution in [1.82, 2.24) is 9.88 Å². The van der Waals surface area contributed by atoms with Crippen LogP contribution in [0, 0.1) is 11.2 Å². The highest BCUT2D eigenvalue weighted by atomic mass is 19.1. The first-order valence-corrected chi connectivity index (χ1v) is 10.9. The summed E-state index contributed by atoms with van der Waals surface area (Å²) in [5.74, 6) is -0.202. The first-order chi connectivity index (χ1) is 15.5. The van der Waals surface area contributed by atoms with E-state index in [0.29, 0.717) is 27.8 Å². The Kier molecular flexibility index (Phi) is 5.21. The SMILES string of the molecule is COc1cc(N2CC3(CCN(C)CC3)C2)ccc1C(=O)Nc1ccc(F)c2ncccc12. The number of nitrogens with one attached hydrogen (secondary N) is 1. The second kappa shape index (κ2) is 8.06. The van der Waals surface area contributed by atoms with Gasteiger partial charge in [0.2, 0.25) is 0 Å². The second-order valence-electron chi connectivity index (χ2n) is 8.99. The van der Waals surface area contributed by atoms with Crippen LogP contribution in [0.25, 0.3) is 10.9 Å². The van der Waals surface area contributed by atoms with E-state index >= 15 is 0 Å². The van der Waals surface area contributed by atoms with E-state index < -0.39 is 5.82 Å². The van der Waals surface area contributed by atoms with E-state index in [2.05, 4.69) is 27.1 Å². The van der Waals surface area contributed by atoms with Gasteiger partial charge in [-0.3, -0.25) is 9.78 Å². The maximum absolute atomic E-state index is 14.1. The van der Waals surface area contributed by atoms with Gasteiger partial charge in [-0.15, -0.1) is 0 Å². The summed E-state index contributed by atoms with van der Waals surface area (Å²) in [7, 11) is 3.75. The van der Waals surface area contributed by atoms with E-state index in [0.717, 1.165) is 31.9 Å². The predicted molar refractivity (Wildman–Crippen MR) is 124 cm³/mol. The summed E-state index contributed by atoms with van der Waals surface area (Å²) in [6.45, 7) is 4.40. The molecule has 166 valence electrons. The van der Waals surface area contributed by atoms with Crippen molar-refractivity contribution < 1.29 is 13.9 Å². The molecular weight excluding hydrogens is 407 g/mol. The highest BCUT2D eigenvalue weighted by Crippen LogP contribution is 2.43. The number of rotatable bonds is 4. The number of halogens is 1. The number of hydrogen-bond donors (Lipinski definition) is 1. The van der Waals surface area contributed by atoms with E-state index in [1.165, 1.54) is 25.1 Å². The van der Waals surface area contributed by atoms with Gasteiger partial charge in [0.15, 0.2) is 0 Å². The van der Waals surface area contributed by atoms with E-state index in [1.807, 2.05) is 12.1 Å². The minimum absolute atomic E-state index is 0.230. The minimum atomic E-state index is -0.419. The fraction of sp³-hybridized carbons (Fsp3) is 0.360. The van der Waals surface area contributed by atoms with Crippen LogP contribution in [-0.2, 0) is 0 Å². The number of amides is 1. The Hall–Kier alpha value is -3.19. The first kappa shape index (κ1) is 20.7. The van der Waals surface area contributed by atoms with Crippen LogP contribution in [0.15, 0.2) is 48.7 Å². The van der Waals surface area contributed by atoms with Crippen LogP contribution in [0.4, 0.5) is 15.8 Å². The molecule has 32 heavy (non-hydrogen) atoms. The molecule has 2 saturated heterocycles. The van der Waals surface area contributed by atoms with Crippen LogP contribution >= 0.6 is 0 Å². The monoisotopic (exact) mass is 434 g/mol. The van der Waals surface area contributed by atoms with Crippen molar-refractivity contribution >= 4 is 28.2 Å². The smallest absolute Gasteiger partial charge is 0.259 e. The molecule has 5 rings (SSSR count). The Bertz CT molecular complexity index is 1170. The van der Waals surface area contributed by atoms with Gasteiger partial charge in [0, 0.05) is 41.8 Å². The Morgan fingerprint density at radius 2 is 1.94 bits per heavy atom. The number of hydrogen-bond acceptors (Lipinski definition) is 5. The standard InChI is InChI=1S/C25H27FN4O2/c1-29-12-9-25(10-13-29)15-30(16-25)17-5-6-19(22(14-17)32-2)24(31)28-21-8-7-20(26)23-18(21)4-3-11-27-23/h3-8,11,14H,9-10,12-13,15-16H2,1-2H3,(H,28,31). The Morgan fingerprint density at radius 3 is 2.69 bits per heavy atom. The Morgan fingerprint density at radius 1 is 1.16 bits per heavy atom. The number of anilines is 2. The average molecular weight is 435 g/mol. The molecule has 2 aliphatic heterocycles. The second-order valence-corrected chi connectivity index (χ2v) is 8.99. The van der Waals surface area contributed by atoms with Crippen LogP contribution in [-0.4, -0.2) is 56.1 Å². The normalized spacial score (nSPS) is 17.9. The van der Waals surface area contributed by atoms with Gasteiger partial charge < -0.3 is 19.9 Å². The van der Waals surface area contributed by atoms with E-state index in [-0.39, 0.29) is 11.4 Å². The zero-order valence-electron chi connectivity index (χ0n) is 18.4. The maximum atomic E-state index is 14.1. The summed E-state index contributed by atoms with van der Waals surface area (Å²) >= 11 is 0. The number of pyridine rings is 1. The van der Waals surface area contributed by atoms with Crippen molar-refractivity contribution in [2.45, 2.75) is 12.8 Å². The van der Waals surface area contributed by atoms with E-state index in [4.69, 9.17) is 4.74 Å². The quantitative estimate of drug-likeness (QED) is 0.668. The molecule has 7 heteroatoms. The third-order valence-corrected chi connectivity index (χ3v) is 6.86. The van der Waals surface area contributed by atoms with Gasteiger partial charge >= 0.3 is 0 Å². The summed E-state index contributed by atoms with van der Waals surface area (Å²) in [5, 5.41) is 3.44. The summed E-state index contributed by atoms with van der Waals surface area (Å²) in [6.07, 6.45) is 4.00. The van der Waals surface area contributed by atoms with Crippen molar-refractivity contribution in [3.05, 3.63) is 60.0 Å². The molecule has 1 N–H and O–H groups in total. The summed E-state index contributed by atoms with van der Waals surface area (Å²) < 4.78 is 19.6. The molecule has 0 bridgehead atoms. The molecule has 6 nitrogen and oxygen atoms in total. The molecule has 1 spiro atoms. The number of likely N-dealkylation sites (tertiary alicyclic amines) is 1. The van der Waals surface area contributed by atoms with Gasteiger partial charge in [-0.1, -0.05) is 0 Å². The Labute approximate surface area is 187 Å². The largest absolute Gasteiger partial charge is 0.496 e. The van der Waals surface area contributed by atoms with Crippen LogP contribution < -0.4 is 15.0 Å². The molecule has 1 amide bonds. The van der Waals surface area contributed by atoms with Crippen LogP contribution in [0.2, 0.25) is 0 Å². The Balaban J connectivity index is 1.34. The molecule has 0 radical (unpaired) electrons. The highest BCUT2D eigenvalue weighted by molar-refractivity contribution is 6.10. The average Bonchev–Trinajstić information content (AvgIpc) is 2.80. The molecule has 3 heterocycles. The molecule has 0 unspecified atom stereocenters. The van der Waals surface area contributed by atoms with E-state index in [1.54, 1.807) is 31.4 Å². The highest BCUT2D eigenvalue weighted by Gasteiger charge is 2.44. The van der Waals surface area contributed by atoms with Crippen molar-refractivity contribution in [3.63, 3.8) is 0 Å². The molecular formula is C25H27FN4O2. The number of methoxy groups -OCH3 is 1. The molecule has 0 atom stereocenters. The first-order valence-electron chi connectivity index (χ1n) is 10.9. The van der Waals surface area contributed by atoms with Crippen molar-refractivity contribution in [2.24, 2.45) is 5.41 Å². The van der Waals surface area contributed by atoms with Crippen LogP contribution in [0.3, 0.4) is 0 Å². The van der Waals surface area contributed by atoms with Gasteiger partial charge in [-0.25, -0.2) is 4.39 Å². The zero-order chi connectivity index (χ0) is 22.3. The van der Waals surface area contributed by atoms with Gasteiger partial charge in [-0.2, -0.15) is 0 Å². The van der Waals surface area contributed by atoms with Crippen LogP contribution in [0.1, 0.15) is 23.2 Å². The molecule has 2 aromatic carbocycles. The summed E-state index contributed by atoms with van der Waals surface area (Å²) in [4.78, 5) is 21.9.